The zero-order chi connectivity index (χ0) is 16.1. The van der Waals surface area contributed by atoms with E-state index in [0.29, 0.717) is 24.5 Å². The molecular weight excluding hydrogens is 278 g/mol. The summed E-state index contributed by atoms with van der Waals surface area (Å²) in [6.07, 6.45) is 1.60. The minimum atomic E-state index is -0.186. The molecular formula is C17H23N3O2. The highest BCUT2D eigenvalue weighted by Crippen LogP contribution is 2.21. The summed E-state index contributed by atoms with van der Waals surface area (Å²) in [4.78, 5) is 23.9. The number of rotatable bonds is 5. The molecule has 118 valence electrons. The predicted molar refractivity (Wildman–Crippen MR) is 86.2 cm³/mol. The van der Waals surface area contributed by atoms with Crippen LogP contribution in [0.1, 0.15) is 44.7 Å². The van der Waals surface area contributed by atoms with Gasteiger partial charge in [0.05, 0.1) is 6.04 Å². The van der Waals surface area contributed by atoms with E-state index < -0.39 is 0 Å². The van der Waals surface area contributed by atoms with Crippen LogP contribution in [-0.2, 0) is 9.59 Å². The van der Waals surface area contributed by atoms with E-state index in [2.05, 4.69) is 24.3 Å². The standard InChI is InChI=1S/C17H23N3O2/c1-12(2)11-15(13-7-5-4-6-8-13)18-17(22)14-9-10-16(21)20(3)19-14/h4-8,12,15H,9-11H2,1-3H3,(H,18,22). The molecule has 1 aromatic carbocycles. The molecule has 5 nitrogen and oxygen atoms in total. The maximum atomic E-state index is 12.4. The number of carbonyl (C=O) groups is 2. The van der Waals surface area contributed by atoms with Gasteiger partial charge < -0.3 is 5.32 Å². The van der Waals surface area contributed by atoms with Crippen molar-refractivity contribution >= 4 is 17.5 Å². The number of hydrogen-bond acceptors (Lipinski definition) is 3. The molecule has 1 aliphatic heterocycles. The molecule has 0 bridgehead atoms. The van der Waals surface area contributed by atoms with Gasteiger partial charge in [-0.15, -0.1) is 0 Å². The third-order valence-electron chi connectivity index (χ3n) is 3.68. The summed E-state index contributed by atoms with van der Waals surface area (Å²) in [5, 5.41) is 8.39. The van der Waals surface area contributed by atoms with Crippen molar-refractivity contribution in [2.45, 2.75) is 39.2 Å². The third-order valence-corrected chi connectivity index (χ3v) is 3.68. The molecule has 1 aliphatic rings. The highest BCUT2D eigenvalue weighted by Gasteiger charge is 2.24. The number of carbonyl (C=O) groups excluding carboxylic acids is 2. The fraction of sp³-hybridized carbons (Fsp3) is 0.471. The van der Waals surface area contributed by atoms with E-state index in [1.54, 1.807) is 7.05 Å². The average Bonchev–Trinajstić information content (AvgIpc) is 2.49. The van der Waals surface area contributed by atoms with Gasteiger partial charge in [-0.05, 0) is 17.9 Å². The van der Waals surface area contributed by atoms with Crippen LogP contribution in [-0.4, -0.2) is 29.6 Å². The summed E-state index contributed by atoms with van der Waals surface area (Å²) in [6, 6.07) is 9.90. The van der Waals surface area contributed by atoms with Gasteiger partial charge in [0.2, 0.25) is 5.91 Å². The predicted octanol–water partition coefficient (Wildman–Crippen LogP) is 2.50. The van der Waals surface area contributed by atoms with E-state index in [4.69, 9.17) is 0 Å². The van der Waals surface area contributed by atoms with Crippen LogP contribution < -0.4 is 5.32 Å². The Morgan fingerprint density at radius 2 is 1.95 bits per heavy atom. The van der Waals surface area contributed by atoms with Gasteiger partial charge in [-0.25, -0.2) is 5.01 Å². The molecule has 0 aromatic heterocycles. The summed E-state index contributed by atoms with van der Waals surface area (Å²) < 4.78 is 0. The largest absolute Gasteiger partial charge is 0.344 e. The second-order valence-electron chi connectivity index (χ2n) is 6.03. The number of amides is 2. The van der Waals surface area contributed by atoms with Gasteiger partial charge in [-0.1, -0.05) is 44.2 Å². The summed E-state index contributed by atoms with van der Waals surface area (Å²) in [5.74, 6) is 0.218. The van der Waals surface area contributed by atoms with Crippen LogP contribution in [0, 0.1) is 5.92 Å². The van der Waals surface area contributed by atoms with Gasteiger partial charge in [-0.2, -0.15) is 5.10 Å². The molecule has 2 amide bonds. The van der Waals surface area contributed by atoms with Gasteiger partial charge in [0.1, 0.15) is 5.71 Å². The molecule has 5 heteroatoms. The Hall–Kier alpha value is -2.17. The Kier molecular flexibility index (Phi) is 5.31. The van der Waals surface area contributed by atoms with Crippen molar-refractivity contribution < 1.29 is 9.59 Å². The van der Waals surface area contributed by atoms with Crippen LogP contribution in [0.3, 0.4) is 0 Å². The van der Waals surface area contributed by atoms with E-state index >= 15 is 0 Å². The van der Waals surface area contributed by atoms with Crippen LogP contribution in [0.5, 0.6) is 0 Å². The number of nitrogens with zero attached hydrogens (tertiary/aromatic N) is 2. The zero-order valence-electron chi connectivity index (χ0n) is 13.4. The van der Waals surface area contributed by atoms with E-state index in [0.717, 1.165) is 12.0 Å². The first kappa shape index (κ1) is 16.2. The third kappa shape index (κ3) is 4.16. The molecule has 0 spiro atoms. The normalized spacial score (nSPS) is 16.5. The van der Waals surface area contributed by atoms with Crippen molar-refractivity contribution in [3.8, 4) is 0 Å². The first-order valence-electron chi connectivity index (χ1n) is 7.67. The van der Waals surface area contributed by atoms with E-state index in [-0.39, 0.29) is 17.9 Å². The highest BCUT2D eigenvalue weighted by atomic mass is 16.2. The van der Waals surface area contributed by atoms with E-state index in [1.165, 1.54) is 5.01 Å². The Bertz CT molecular complexity index is 567. The van der Waals surface area contributed by atoms with Crippen LogP contribution in [0.25, 0.3) is 0 Å². The molecule has 1 N–H and O–H groups in total. The molecule has 0 aliphatic carbocycles. The topological polar surface area (TPSA) is 61.8 Å². The Balaban J connectivity index is 2.12. The fourth-order valence-corrected chi connectivity index (χ4v) is 2.51. The second-order valence-corrected chi connectivity index (χ2v) is 6.03. The smallest absolute Gasteiger partial charge is 0.267 e. The lowest BCUT2D eigenvalue weighted by Crippen LogP contribution is -2.39. The molecule has 1 heterocycles. The molecule has 1 unspecified atom stereocenters. The monoisotopic (exact) mass is 301 g/mol. The summed E-state index contributed by atoms with van der Waals surface area (Å²) in [7, 11) is 1.58. The number of nitrogens with one attached hydrogen (secondary N) is 1. The molecule has 0 fully saturated rings. The van der Waals surface area contributed by atoms with E-state index in [9.17, 15) is 9.59 Å². The van der Waals surface area contributed by atoms with Crippen molar-refractivity contribution in [2.75, 3.05) is 7.05 Å². The fourth-order valence-electron chi connectivity index (χ4n) is 2.51. The first-order chi connectivity index (χ1) is 10.5. The van der Waals surface area contributed by atoms with Crippen molar-refractivity contribution in [3.63, 3.8) is 0 Å². The lowest BCUT2D eigenvalue weighted by Gasteiger charge is -2.24. The molecule has 1 atom stereocenters. The molecule has 0 radical (unpaired) electrons. The number of hydrogen-bond donors (Lipinski definition) is 1. The van der Waals surface area contributed by atoms with Crippen molar-refractivity contribution in [2.24, 2.45) is 11.0 Å². The van der Waals surface area contributed by atoms with Crippen LogP contribution in [0.4, 0.5) is 0 Å². The maximum Gasteiger partial charge on any atom is 0.267 e. The summed E-state index contributed by atoms with van der Waals surface area (Å²) in [6.45, 7) is 4.26. The Morgan fingerprint density at radius 3 is 2.55 bits per heavy atom. The SMILES string of the molecule is CC(C)CC(NC(=O)C1=NN(C)C(=O)CC1)c1ccccc1. The molecule has 2 rings (SSSR count). The highest BCUT2D eigenvalue weighted by molar-refractivity contribution is 6.39. The van der Waals surface area contributed by atoms with Gasteiger partial charge in [-0.3, -0.25) is 9.59 Å². The summed E-state index contributed by atoms with van der Waals surface area (Å²) in [5.41, 5.74) is 1.51. The minimum Gasteiger partial charge on any atom is -0.344 e. The Morgan fingerprint density at radius 1 is 1.27 bits per heavy atom. The molecule has 1 aromatic rings. The molecule has 0 saturated heterocycles. The average molecular weight is 301 g/mol. The second kappa shape index (κ2) is 7.20. The lowest BCUT2D eigenvalue weighted by atomic mass is 9.96. The Labute approximate surface area is 131 Å². The minimum absolute atomic E-state index is 0.0423. The first-order valence-corrected chi connectivity index (χ1v) is 7.67. The van der Waals surface area contributed by atoms with Gasteiger partial charge in [0.15, 0.2) is 0 Å². The van der Waals surface area contributed by atoms with Crippen molar-refractivity contribution in [3.05, 3.63) is 35.9 Å². The van der Waals surface area contributed by atoms with Gasteiger partial charge in [0.25, 0.3) is 5.91 Å². The van der Waals surface area contributed by atoms with E-state index in [1.807, 2.05) is 30.3 Å². The quantitative estimate of drug-likeness (QED) is 0.908. The van der Waals surface area contributed by atoms with Crippen LogP contribution in [0.15, 0.2) is 35.4 Å². The summed E-state index contributed by atoms with van der Waals surface area (Å²) >= 11 is 0. The number of benzene rings is 1. The van der Waals surface area contributed by atoms with Crippen LogP contribution in [0.2, 0.25) is 0 Å². The molecule has 0 saturated carbocycles. The zero-order valence-corrected chi connectivity index (χ0v) is 13.4. The maximum absolute atomic E-state index is 12.4. The van der Waals surface area contributed by atoms with Crippen molar-refractivity contribution in [1.82, 2.24) is 10.3 Å². The van der Waals surface area contributed by atoms with Gasteiger partial charge >= 0.3 is 0 Å². The lowest BCUT2D eigenvalue weighted by molar-refractivity contribution is -0.130. The molecule has 22 heavy (non-hydrogen) atoms. The van der Waals surface area contributed by atoms with Crippen molar-refractivity contribution in [1.29, 1.82) is 0 Å². The van der Waals surface area contributed by atoms with Crippen LogP contribution >= 0.6 is 0 Å². The number of hydrazone groups is 1. The van der Waals surface area contributed by atoms with Gasteiger partial charge in [0, 0.05) is 19.9 Å².